The van der Waals surface area contributed by atoms with Crippen LogP contribution in [0.3, 0.4) is 0 Å². The monoisotopic (exact) mass is 794 g/mol. The van der Waals surface area contributed by atoms with Gasteiger partial charge < -0.3 is 14.8 Å². The highest BCUT2D eigenvalue weighted by molar-refractivity contribution is 6.53. The third kappa shape index (κ3) is 8.98. The Morgan fingerprint density at radius 2 is 1.38 bits per heavy atom. The van der Waals surface area contributed by atoms with Gasteiger partial charge in [0.15, 0.2) is 11.6 Å². The van der Waals surface area contributed by atoms with Gasteiger partial charge in [-0.15, -0.1) is 23.2 Å². The maximum absolute atomic E-state index is 15.2. The molecule has 0 heterocycles. The number of Topliss-reactive ketones (excluding diaryl/α,β-unsaturated/α-hetero) is 1. The van der Waals surface area contributed by atoms with Crippen LogP contribution < -0.4 is 10.2 Å². The molecule has 1 fully saturated rings. The number of ether oxygens (including phenoxy) is 2. The number of carbonyl (C=O) groups is 4. The summed E-state index contributed by atoms with van der Waals surface area (Å²) in [5.74, 6) is -7.07. The molecule has 3 amide bonds. The minimum Gasteiger partial charge on any atom is -0.443 e. The van der Waals surface area contributed by atoms with E-state index in [9.17, 15) is 23.6 Å². The average molecular weight is 797 g/mol. The number of anilines is 2. The van der Waals surface area contributed by atoms with E-state index in [1.54, 1.807) is 6.07 Å². The SMILES string of the molecule is CC(C)(C)OC(=O)N(C(=O)OC(C)(C)C)c1cc(CC(=O)c2cc(NC(=O)[C@H]3[C@H](c4ccc(Cl)c(Cl)c4)C3(Cl)Cl)cc(F)c2Cl)c(F)cc1F. The highest BCUT2D eigenvalue weighted by Crippen LogP contribution is 2.65. The van der Waals surface area contributed by atoms with E-state index in [1.165, 1.54) is 53.7 Å². The number of amides is 3. The first-order valence-electron chi connectivity index (χ1n) is 14.8. The molecule has 50 heavy (non-hydrogen) atoms. The second kappa shape index (κ2) is 14.4. The molecular formula is C34H30Cl5F3N2O6. The zero-order valence-corrected chi connectivity index (χ0v) is 31.1. The van der Waals surface area contributed by atoms with E-state index in [2.05, 4.69) is 5.32 Å². The van der Waals surface area contributed by atoms with Crippen LogP contribution in [0.25, 0.3) is 0 Å². The van der Waals surface area contributed by atoms with E-state index in [1.807, 2.05) is 0 Å². The lowest BCUT2D eigenvalue weighted by molar-refractivity contribution is -0.117. The Balaban J connectivity index is 1.63. The van der Waals surface area contributed by atoms with E-state index in [0.29, 0.717) is 11.6 Å². The first-order valence-corrected chi connectivity index (χ1v) is 16.7. The predicted molar refractivity (Wildman–Crippen MR) is 187 cm³/mol. The summed E-state index contributed by atoms with van der Waals surface area (Å²) in [5, 5.41) is 2.31. The number of benzene rings is 3. The lowest BCUT2D eigenvalue weighted by Gasteiger charge is -2.29. The van der Waals surface area contributed by atoms with Crippen molar-refractivity contribution in [3.8, 4) is 0 Å². The minimum absolute atomic E-state index is 0.203. The zero-order valence-electron chi connectivity index (χ0n) is 27.3. The highest BCUT2D eigenvalue weighted by Gasteiger charge is 2.67. The summed E-state index contributed by atoms with van der Waals surface area (Å²) in [7, 11) is 0. The van der Waals surface area contributed by atoms with Crippen molar-refractivity contribution in [2.24, 2.45) is 5.92 Å². The number of nitrogens with one attached hydrogen (secondary N) is 1. The normalized spacial score (nSPS) is 16.8. The fourth-order valence-electron chi connectivity index (χ4n) is 4.90. The second-order valence-electron chi connectivity index (χ2n) is 13.4. The van der Waals surface area contributed by atoms with Gasteiger partial charge in [-0.1, -0.05) is 40.9 Å². The summed E-state index contributed by atoms with van der Waals surface area (Å²) in [5.41, 5.74) is -3.68. The topological polar surface area (TPSA) is 102 Å². The molecule has 8 nitrogen and oxygen atoms in total. The van der Waals surface area contributed by atoms with Crippen LogP contribution in [0.15, 0.2) is 42.5 Å². The number of carbonyl (C=O) groups excluding carboxylic acids is 4. The quantitative estimate of drug-likeness (QED) is 0.189. The van der Waals surface area contributed by atoms with E-state index < -0.39 is 97.0 Å². The predicted octanol–water partition coefficient (Wildman–Crippen LogP) is 10.7. The standard InChI is InChI=1S/C34H30Cl5F3N2O6/c1-32(2,3)49-30(47)44(31(48)50-33(4,5)6)24-10-16(21(40)14-22(24)41)11-25(45)18-12-17(13-23(42)28(18)37)43-29(46)27-26(34(27,38)39)15-7-8-19(35)20(36)9-15/h7-10,12-14,26-27H,11H2,1-6H3,(H,43,46)/t26-,27+/m0/s1. The molecule has 0 radical (unpaired) electrons. The van der Waals surface area contributed by atoms with Gasteiger partial charge in [0.1, 0.15) is 27.2 Å². The van der Waals surface area contributed by atoms with Crippen LogP contribution in [-0.4, -0.2) is 39.4 Å². The van der Waals surface area contributed by atoms with Gasteiger partial charge in [-0.3, -0.25) is 9.59 Å². The number of hydrogen-bond acceptors (Lipinski definition) is 6. The van der Waals surface area contributed by atoms with E-state index in [4.69, 9.17) is 67.5 Å². The van der Waals surface area contributed by atoms with Crippen molar-refractivity contribution in [2.45, 2.75) is 69.4 Å². The summed E-state index contributed by atoms with van der Waals surface area (Å²) in [6.45, 7) is 9.02. The van der Waals surface area contributed by atoms with Crippen molar-refractivity contribution >= 4 is 93.3 Å². The molecule has 1 saturated carbocycles. The zero-order chi connectivity index (χ0) is 37.7. The van der Waals surface area contributed by atoms with E-state index in [-0.39, 0.29) is 20.6 Å². The number of imide groups is 1. The molecule has 3 aromatic rings. The molecule has 268 valence electrons. The molecule has 3 aromatic carbocycles. The van der Waals surface area contributed by atoms with Crippen molar-refractivity contribution in [3.05, 3.63) is 91.7 Å². The van der Waals surface area contributed by atoms with Crippen LogP contribution in [0.1, 0.15) is 68.9 Å². The minimum atomic E-state index is -1.55. The Morgan fingerprint density at radius 3 is 1.92 bits per heavy atom. The van der Waals surface area contributed by atoms with Crippen LogP contribution in [0.4, 0.5) is 34.1 Å². The van der Waals surface area contributed by atoms with Gasteiger partial charge >= 0.3 is 12.2 Å². The second-order valence-corrected chi connectivity index (χ2v) is 16.0. The summed E-state index contributed by atoms with van der Waals surface area (Å²) in [6, 6.07) is 7.66. The number of halogens is 8. The lowest BCUT2D eigenvalue weighted by Crippen LogP contribution is -2.44. The van der Waals surface area contributed by atoms with Gasteiger partial charge in [-0.2, -0.15) is 4.90 Å². The van der Waals surface area contributed by atoms with Gasteiger partial charge in [-0.25, -0.2) is 22.8 Å². The number of ketones is 1. The Kier molecular flexibility index (Phi) is 11.4. The molecule has 1 N–H and O–H groups in total. The third-order valence-electron chi connectivity index (χ3n) is 7.09. The van der Waals surface area contributed by atoms with Crippen LogP contribution >= 0.6 is 58.0 Å². The smallest absolute Gasteiger partial charge is 0.424 e. The maximum atomic E-state index is 15.2. The fraction of sp³-hybridized carbons (Fsp3) is 0.353. The number of hydrogen-bond donors (Lipinski definition) is 1. The molecule has 4 rings (SSSR count). The molecule has 0 saturated heterocycles. The molecule has 0 aliphatic heterocycles. The van der Waals surface area contributed by atoms with Crippen LogP contribution in [-0.2, 0) is 20.7 Å². The number of rotatable bonds is 7. The first kappa shape index (κ1) is 39.6. The van der Waals surface area contributed by atoms with Gasteiger partial charge in [0, 0.05) is 29.7 Å². The van der Waals surface area contributed by atoms with Crippen molar-refractivity contribution in [1.29, 1.82) is 0 Å². The van der Waals surface area contributed by atoms with Crippen molar-refractivity contribution in [1.82, 2.24) is 0 Å². The molecule has 1 aliphatic carbocycles. The highest BCUT2D eigenvalue weighted by atomic mass is 35.5. The largest absolute Gasteiger partial charge is 0.443 e. The van der Waals surface area contributed by atoms with Gasteiger partial charge in [0.05, 0.1) is 26.7 Å². The van der Waals surface area contributed by atoms with Crippen molar-refractivity contribution in [2.75, 3.05) is 10.2 Å². The van der Waals surface area contributed by atoms with Crippen molar-refractivity contribution < 1.29 is 41.8 Å². The third-order valence-corrected chi connectivity index (χ3v) is 9.16. The Hall–Kier alpha value is -3.22. The Bertz CT molecular complexity index is 1870. The fourth-order valence-corrected chi connectivity index (χ4v) is 6.25. The summed E-state index contributed by atoms with van der Waals surface area (Å²) in [4.78, 5) is 53.0. The summed E-state index contributed by atoms with van der Waals surface area (Å²) >= 11 is 31.0. The molecule has 0 bridgehead atoms. The average Bonchev–Trinajstić information content (AvgIpc) is 3.54. The van der Waals surface area contributed by atoms with Gasteiger partial charge in [-0.05, 0) is 83.0 Å². The van der Waals surface area contributed by atoms with Crippen molar-refractivity contribution in [3.63, 3.8) is 0 Å². The van der Waals surface area contributed by atoms with E-state index >= 15 is 8.78 Å². The number of nitrogens with zero attached hydrogens (tertiary/aromatic N) is 1. The molecule has 1 aliphatic rings. The van der Waals surface area contributed by atoms with E-state index in [0.717, 1.165) is 18.2 Å². The molecule has 0 unspecified atom stereocenters. The van der Waals surface area contributed by atoms with Gasteiger partial charge in [0.25, 0.3) is 0 Å². The lowest BCUT2D eigenvalue weighted by atomic mass is 10.0. The van der Waals surface area contributed by atoms with Crippen LogP contribution in [0.5, 0.6) is 0 Å². The molecule has 16 heteroatoms. The Morgan fingerprint density at radius 1 is 0.800 bits per heavy atom. The summed E-state index contributed by atoms with van der Waals surface area (Å²) in [6.07, 6.45) is -3.52. The molecular weight excluding hydrogens is 767 g/mol. The maximum Gasteiger partial charge on any atom is 0.424 e. The van der Waals surface area contributed by atoms with Crippen LogP contribution in [0.2, 0.25) is 15.1 Å². The first-order chi connectivity index (χ1) is 22.9. The molecule has 0 spiro atoms. The summed E-state index contributed by atoms with van der Waals surface area (Å²) < 4.78 is 54.2. The van der Waals surface area contributed by atoms with Crippen LogP contribution in [0, 0.1) is 23.4 Å². The number of alkyl halides is 2. The molecule has 0 aromatic heterocycles. The van der Waals surface area contributed by atoms with Gasteiger partial charge in [0.2, 0.25) is 5.91 Å². The molecule has 2 atom stereocenters. The Labute approximate surface area is 311 Å².